The number of alkyl halides is 3. The van der Waals surface area contributed by atoms with Gasteiger partial charge in [-0.25, -0.2) is 4.98 Å². The molecule has 5 aromatic rings. The molecule has 1 aliphatic carbocycles. The first-order valence-corrected chi connectivity index (χ1v) is 17.8. The Morgan fingerprint density at radius 2 is 1.59 bits per heavy atom. The Bertz CT molecular complexity index is 1990. The number of carbonyl (C=O) groups excluding carboxylic acids is 1. The minimum Gasteiger partial charge on any atom is -0.568 e. The summed E-state index contributed by atoms with van der Waals surface area (Å²) in [6, 6.07) is 25.2. The van der Waals surface area contributed by atoms with Crippen molar-refractivity contribution >= 4 is 46.3 Å². The number of hydrogen-bond donors (Lipinski definition) is 1. The van der Waals surface area contributed by atoms with Crippen molar-refractivity contribution in [1.82, 2.24) is 14.3 Å². The van der Waals surface area contributed by atoms with Crippen LogP contribution in [0.1, 0.15) is 60.5 Å². The highest BCUT2D eigenvalue weighted by molar-refractivity contribution is 7.92. The zero-order valence-electron chi connectivity index (χ0n) is 26.1. The summed E-state index contributed by atoms with van der Waals surface area (Å²) >= 11 is 10.6. The Balaban J connectivity index is 1.24. The summed E-state index contributed by atoms with van der Waals surface area (Å²) in [5, 5.41) is 0.724. The molecule has 252 valence electrons. The van der Waals surface area contributed by atoms with Gasteiger partial charge in [0.2, 0.25) is 0 Å². The lowest BCUT2D eigenvalue weighted by atomic mass is 9.83. The van der Waals surface area contributed by atoms with Crippen LogP contribution in [-0.4, -0.2) is 26.6 Å². The summed E-state index contributed by atoms with van der Waals surface area (Å²) in [6.45, 7) is -0.320. The molecule has 0 spiro atoms. The van der Waals surface area contributed by atoms with Gasteiger partial charge in [-0.3, -0.25) is 4.79 Å². The lowest BCUT2D eigenvalue weighted by Gasteiger charge is -2.22. The van der Waals surface area contributed by atoms with Crippen molar-refractivity contribution in [1.29, 1.82) is 0 Å². The van der Waals surface area contributed by atoms with Gasteiger partial charge >= 0.3 is 6.18 Å². The van der Waals surface area contributed by atoms with E-state index in [1.54, 1.807) is 18.2 Å². The average Bonchev–Trinajstić information content (AvgIpc) is 3.66. The molecule has 4 aromatic carbocycles. The number of nitrogens with zero attached hydrogens (tertiary/aromatic N) is 3. The molecule has 12 heteroatoms. The van der Waals surface area contributed by atoms with E-state index in [4.69, 9.17) is 28.2 Å². The van der Waals surface area contributed by atoms with Gasteiger partial charge in [0.1, 0.15) is 5.82 Å². The molecule has 1 saturated carbocycles. The van der Waals surface area contributed by atoms with Gasteiger partial charge in [0.25, 0.3) is 5.91 Å². The van der Waals surface area contributed by atoms with Crippen LogP contribution in [0.15, 0.2) is 91.1 Å². The lowest BCUT2D eigenvalue weighted by Crippen LogP contribution is -2.29. The van der Waals surface area contributed by atoms with Crippen LogP contribution in [0, 0.1) is 0 Å². The van der Waals surface area contributed by atoms with Crippen LogP contribution in [0.2, 0.25) is 10.0 Å². The fraction of sp³-hybridized carbons (Fsp3) is 0.243. The van der Waals surface area contributed by atoms with Crippen LogP contribution in [0.3, 0.4) is 0 Å². The van der Waals surface area contributed by atoms with Crippen LogP contribution >= 0.6 is 23.2 Å². The highest BCUT2D eigenvalue weighted by Crippen LogP contribution is 2.40. The summed E-state index contributed by atoms with van der Waals surface area (Å²) in [5.74, 6) is 0.436. The Labute approximate surface area is 295 Å². The summed E-state index contributed by atoms with van der Waals surface area (Å²) < 4.78 is 61.0. The van der Waals surface area contributed by atoms with Crippen molar-refractivity contribution in [3.63, 3.8) is 0 Å². The molecule has 1 aliphatic heterocycles. The average molecular weight is 724 g/mol. The van der Waals surface area contributed by atoms with Crippen LogP contribution in [0.5, 0.6) is 0 Å². The Kier molecular flexibility index (Phi) is 9.41. The fourth-order valence-electron chi connectivity index (χ4n) is 6.64. The molecule has 7 rings (SSSR count). The van der Waals surface area contributed by atoms with Crippen LogP contribution < -0.4 is 9.03 Å². The van der Waals surface area contributed by atoms with Gasteiger partial charge in [-0.15, -0.1) is 4.72 Å². The van der Waals surface area contributed by atoms with E-state index in [2.05, 4.69) is 29.0 Å². The van der Waals surface area contributed by atoms with Gasteiger partial charge in [-0.05, 0) is 77.4 Å². The number of hydrogen-bond acceptors (Lipinski definition) is 4. The van der Waals surface area contributed by atoms with E-state index < -0.39 is 29.2 Å². The molecule has 2 heterocycles. The molecule has 1 aromatic heterocycles. The van der Waals surface area contributed by atoms with Crippen molar-refractivity contribution in [3.05, 3.63) is 124 Å². The molecule has 0 bridgehead atoms. The number of anilines is 1. The van der Waals surface area contributed by atoms with E-state index >= 15 is 0 Å². The normalized spacial score (nSPS) is 17.1. The molecule has 1 unspecified atom stereocenters. The third-order valence-electron chi connectivity index (χ3n) is 9.14. The number of imidazole rings is 1. The number of halogens is 5. The molecule has 6 nitrogen and oxygen atoms in total. The summed E-state index contributed by atoms with van der Waals surface area (Å²) in [7, 11) is 0. The second-order valence-corrected chi connectivity index (χ2v) is 14.4. The number of benzene rings is 4. The standard InChI is InChI=1S/C37H31Cl2F3N4O2S/c38-28-14-16-30(32(39)19-28)33-21-45(34-17-15-29(20-31(34)37(40,41)42)46-22-36(47)44-49(46)48)35(43-33)18-23-6-8-25(9-7-23)27-12-10-26(11-13-27)24-4-2-1-3-5-24/h6-17,19-21,24H,1-5,18,22H2,(H,44,47). The number of aromatic nitrogens is 2. The van der Waals surface area contributed by atoms with Gasteiger partial charge in [0, 0.05) is 23.2 Å². The second kappa shape index (κ2) is 13.7. The second-order valence-electron chi connectivity index (χ2n) is 12.4. The maximum absolute atomic E-state index is 14.7. The van der Waals surface area contributed by atoms with Gasteiger partial charge in [-0.1, -0.05) is 91.0 Å². The number of nitrogens with one attached hydrogen (secondary N) is 1. The fourth-order valence-corrected chi connectivity index (χ4v) is 8.05. The van der Waals surface area contributed by atoms with E-state index in [1.165, 1.54) is 60.6 Å². The molecule has 0 radical (unpaired) electrons. The molecular weight excluding hydrogens is 692 g/mol. The quantitative estimate of drug-likeness (QED) is 0.170. The smallest absolute Gasteiger partial charge is 0.418 e. The number of rotatable bonds is 7. The van der Waals surface area contributed by atoms with Gasteiger partial charge in [0.15, 0.2) is 18.1 Å². The van der Waals surface area contributed by atoms with E-state index in [1.807, 2.05) is 24.3 Å². The number of carbonyl (C=O) groups is 1. The van der Waals surface area contributed by atoms with Gasteiger partial charge in [0.05, 0.1) is 27.7 Å². The maximum Gasteiger partial charge on any atom is 0.418 e. The highest BCUT2D eigenvalue weighted by atomic mass is 35.5. The predicted molar refractivity (Wildman–Crippen MR) is 188 cm³/mol. The minimum atomic E-state index is -4.78. The van der Waals surface area contributed by atoms with Crippen molar-refractivity contribution in [3.8, 4) is 28.1 Å². The third kappa shape index (κ3) is 7.19. The summed E-state index contributed by atoms with van der Waals surface area (Å²) in [4.78, 5) is 16.6. The summed E-state index contributed by atoms with van der Waals surface area (Å²) in [5.41, 5.74) is 4.11. The monoisotopic (exact) mass is 722 g/mol. The Morgan fingerprint density at radius 1 is 0.898 bits per heavy atom. The van der Waals surface area contributed by atoms with E-state index in [-0.39, 0.29) is 24.3 Å². The van der Waals surface area contributed by atoms with Gasteiger partial charge < -0.3 is 9.12 Å². The van der Waals surface area contributed by atoms with Gasteiger partial charge in [-0.2, -0.15) is 17.5 Å². The first-order chi connectivity index (χ1) is 23.5. The first kappa shape index (κ1) is 33.5. The Hall–Kier alpha value is -3.96. The van der Waals surface area contributed by atoms with Crippen LogP contribution in [0.4, 0.5) is 18.9 Å². The van der Waals surface area contributed by atoms with Crippen molar-refractivity contribution in [2.75, 3.05) is 10.8 Å². The highest BCUT2D eigenvalue weighted by Gasteiger charge is 2.39. The van der Waals surface area contributed by atoms with Crippen LogP contribution in [0.25, 0.3) is 28.1 Å². The molecule has 2 fully saturated rings. The predicted octanol–water partition coefficient (Wildman–Crippen LogP) is 9.69. The molecule has 1 atom stereocenters. The van der Waals surface area contributed by atoms with Crippen molar-refractivity contribution in [2.24, 2.45) is 0 Å². The molecular formula is C37H31Cl2F3N4O2S. The SMILES string of the molecule is O=C1CN(c2ccc(-n3cc(-c4ccc(Cl)cc4Cl)nc3Cc3ccc(-c4ccc(C5CCCCC5)cc4)cc3)c(C(F)(F)F)c2)[S+]([O-])N1. The van der Waals surface area contributed by atoms with E-state index in [0.717, 1.165) is 27.1 Å². The van der Waals surface area contributed by atoms with Crippen molar-refractivity contribution in [2.45, 2.75) is 50.6 Å². The topological polar surface area (TPSA) is 73.2 Å². The number of amides is 1. The van der Waals surface area contributed by atoms with E-state index in [0.29, 0.717) is 33.0 Å². The molecule has 1 amide bonds. The molecule has 1 N–H and O–H groups in total. The largest absolute Gasteiger partial charge is 0.568 e. The van der Waals surface area contributed by atoms with E-state index in [9.17, 15) is 22.5 Å². The molecule has 2 aliphatic rings. The molecule has 49 heavy (non-hydrogen) atoms. The zero-order chi connectivity index (χ0) is 34.3. The maximum atomic E-state index is 14.7. The van der Waals surface area contributed by atoms with Crippen molar-refractivity contribution < 1.29 is 22.5 Å². The first-order valence-electron chi connectivity index (χ1n) is 16.0. The minimum absolute atomic E-state index is 0.00208. The Morgan fingerprint density at radius 3 is 2.22 bits per heavy atom. The third-order valence-corrected chi connectivity index (χ3v) is 10.8. The van der Waals surface area contributed by atoms with Crippen LogP contribution in [-0.2, 0) is 28.9 Å². The zero-order valence-corrected chi connectivity index (χ0v) is 28.5. The molecule has 1 saturated heterocycles. The summed E-state index contributed by atoms with van der Waals surface area (Å²) in [6.07, 6.45) is 3.32. The lowest BCUT2D eigenvalue weighted by molar-refractivity contribution is -0.137.